The Balaban J connectivity index is 1.50. The van der Waals surface area contributed by atoms with Crippen LogP contribution in [0.3, 0.4) is 0 Å². The molecule has 1 aliphatic heterocycles. The Morgan fingerprint density at radius 2 is 2.00 bits per heavy atom. The van der Waals surface area contributed by atoms with Gasteiger partial charge < -0.3 is 14.6 Å². The number of aromatic nitrogens is 1. The number of pyridine rings is 1. The van der Waals surface area contributed by atoms with Crippen LogP contribution in [0.1, 0.15) is 35.6 Å². The van der Waals surface area contributed by atoms with Crippen LogP contribution in [0.2, 0.25) is 0 Å². The van der Waals surface area contributed by atoms with Gasteiger partial charge in [0, 0.05) is 18.1 Å². The van der Waals surface area contributed by atoms with Crippen LogP contribution < -0.4 is 9.47 Å². The maximum atomic E-state index is 10.8. The van der Waals surface area contributed by atoms with Gasteiger partial charge in [-0.15, -0.1) is 0 Å². The topological polar surface area (TPSA) is 68.7 Å². The molecule has 29 heavy (non-hydrogen) atoms. The van der Waals surface area contributed by atoms with Crippen molar-refractivity contribution in [3.05, 3.63) is 77.4 Å². The number of aryl methyl sites for hydroxylation is 2. The van der Waals surface area contributed by atoms with E-state index in [0.29, 0.717) is 12.3 Å². The molecule has 0 aliphatic carbocycles. The van der Waals surface area contributed by atoms with Crippen LogP contribution >= 0.6 is 0 Å². The fraction of sp³-hybridized carbons (Fsp3) is 0.250. The highest BCUT2D eigenvalue weighted by Gasteiger charge is 2.21. The van der Waals surface area contributed by atoms with Crippen LogP contribution in [0.25, 0.3) is 11.3 Å². The quantitative estimate of drug-likeness (QED) is 0.653. The van der Waals surface area contributed by atoms with Crippen molar-refractivity contribution >= 4 is 5.97 Å². The molecule has 0 bridgehead atoms. The first-order valence-electron chi connectivity index (χ1n) is 9.74. The summed E-state index contributed by atoms with van der Waals surface area (Å²) in [7, 11) is 1.61. The minimum absolute atomic E-state index is 0.00968. The number of nitrogens with zero attached hydrogens (tertiary/aromatic N) is 1. The summed E-state index contributed by atoms with van der Waals surface area (Å²) in [6.07, 6.45) is 2.49. The SMILES string of the molecule is COc1cccc(-c2ccc(C3CCc4ccc(CCC(=O)O)cc4O3)cc2)n1. The summed E-state index contributed by atoms with van der Waals surface area (Å²) in [6, 6.07) is 20.0. The van der Waals surface area contributed by atoms with Gasteiger partial charge in [0.25, 0.3) is 0 Å². The maximum Gasteiger partial charge on any atom is 0.303 e. The second-order valence-corrected chi connectivity index (χ2v) is 7.17. The van der Waals surface area contributed by atoms with E-state index in [-0.39, 0.29) is 12.5 Å². The maximum absolute atomic E-state index is 10.8. The van der Waals surface area contributed by atoms with E-state index in [2.05, 4.69) is 35.3 Å². The molecular formula is C24H23NO4. The first-order valence-corrected chi connectivity index (χ1v) is 9.74. The van der Waals surface area contributed by atoms with Gasteiger partial charge in [0.2, 0.25) is 5.88 Å². The smallest absolute Gasteiger partial charge is 0.303 e. The Bertz CT molecular complexity index is 1010. The normalized spacial score (nSPS) is 15.3. The lowest BCUT2D eigenvalue weighted by Crippen LogP contribution is -2.15. The van der Waals surface area contributed by atoms with E-state index in [9.17, 15) is 4.79 Å². The third-order valence-electron chi connectivity index (χ3n) is 5.22. The number of carboxylic acid groups (broad SMARTS) is 1. The number of hydrogen-bond acceptors (Lipinski definition) is 4. The lowest BCUT2D eigenvalue weighted by atomic mass is 9.95. The van der Waals surface area contributed by atoms with Crippen molar-refractivity contribution in [3.8, 4) is 22.9 Å². The third-order valence-corrected chi connectivity index (χ3v) is 5.22. The monoisotopic (exact) mass is 389 g/mol. The second kappa shape index (κ2) is 8.35. The molecule has 3 aromatic rings. The third kappa shape index (κ3) is 4.40. The Morgan fingerprint density at radius 3 is 2.76 bits per heavy atom. The molecular weight excluding hydrogens is 366 g/mol. The fourth-order valence-corrected chi connectivity index (χ4v) is 3.61. The van der Waals surface area contributed by atoms with Gasteiger partial charge in [0.15, 0.2) is 0 Å². The molecule has 0 fully saturated rings. The van der Waals surface area contributed by atoms with E-state index in [0.717, 1.165) is 41.0 Å². The molecule has 4 rings (SSSR count). The minimum atomic E-state index is -0.785. The summed E-state index contributed by atoms with van der Waals surface area (Å²) in [4.78, 5) is 15.3. The van der Waals surface area contributed by atoms with Crippen molar-refractivity contribution in [2.24, 2.45) is 0 Å². The van der Waals surface area contributed by atoms with Gasteiger partial charge >= 0.3 is 5.97 Å². The Kier molecular flexibility index (Phi) is 5.47. The van der Waals surface area contributed by atoms with Crippen molar-refractivity contribution in [1.29, 1.82) is 0 Å². The largest absolute Gasteiger partial charge is 0.485 e. The molecule has 1 aliphatic rings. The summed E-state index contributed by atoms with van der Waals surface area (Å²) in [5.41, 5.74) is 5.19. The van der Waals surface area contributed by atoms with Crippen molar-refractivity contribution in [3.63, 3.8) is 0 Å². The van der Waals surface area contributed by atoms with Crippen LogP contribution in [-0.2, 0) is 17.6 Å². The van der Waals surface area contributed by atoms with Gasteiger partial charge in [-0.2, -0.15) is 0 Å². The zero-order chi connectivity index (χ0) is 20.2. The van der Waals surface area contributed by atoms with Crippen LogP contribution in [0.5, 0.6) is 11.6 Å². The van der Waals surface area contributed by atoms with Crippen LogP contribution in [-0.4, -0.2) is 23.2 Å². The highest BCUT2D eigenvalue weighted by molar-refractivity contribution is 5.67. The van der Waals surface area contributed by atoms with Gasteiger partial charge in [-0.3, -0.25) is 4.79 Å². The number of ether oxygens (including phenoxy) is 2. The van der Waals surface area contributed by atoms with E-state index in [4.69, 9.17) is 14.6 Å². The number of fused-ring (bicyclic) bond motifs is 1. The molecule has 2 heterocycles. The average molecular weight is 389 g/mol. The van der Waals surface area contributed by atoms with Gasteiger partial charge in [-0.25, -0.2) is 4.98 Å². The number of carboxylic acids is 1. The number of aliphatic carboxylic acids is 1. The van der Waals surface area contributed by atoms with Crippen LogP contribution in [0.15, 0.2) is 60.7 Å². The second-order valence-electron chi connectivity index (χ2n) is 7.17. The van der Waals surface area contributed by atoms with Gasteiger partial charge in [0.05, 0.1) is 12.8 Å². The molecule has 0 radical (unpaired) electrons. The van der Waals surface area contributed by atoms with E-state index < -0.39 is 5.97 Å². The predicted octanol–water partition coefficient (Wildman–Crippen LogP) is 4.84. The molecule has 1 aromatic heterocycles. The number of carbonyl (C=O) groups is 1. The Labute approximate surface area is 169 Å². The first-order chi connectivity index (χ1) is 14.1. The first kappa shape index (κ1) is 19.0. The Morgan fingerprint density at radius 1 is 1.17 bits per heavy atom. The van der Waals surface area contributed by atoms with E-state index in [1.54, 1.807) is 7.11 Å². The summed E-state index contributed by atoms with van der Waals surface area (Å²) in [5.74, 6) is 0.673. The molecule has 1 N–H and O–H groups in total. The Hall–Kier alpha value is -3.34. The lowest BCUT2D eigenvalue weighted by molar-refractivity contribution is -0.136. The summed E-state index contributed by atoms with van der Waals surface area (Å²) >= 11 is 0. The van der Waals surface area contributed by atoms with Crippen molar-refractivity contribution in [2.75, 3.05) is 7.11 Å². The lowest BCUT2D eigenvalue weighted by Gasteiger charge is -2.27. The van der Waals surface area contributed by atoms with Crippen molar-refractivity contribution in [2.45, 2.75) is 31.8 Å². The molecule has 1 atom stereocenters. The van der Waals surface area contributed by atoms with Crippen LogP contribution in [0, 0.1) is 0 Å². The molecule has 1 unspecified atom stereocenters. The minimum Gasteiger partial charge on any atom is -0.485 e. The summed E-state index contributed by atoms with van der Waals surface area (Å²) in [6.45, 7) is 0. The molecule has 148 valence electrons. The van der Waals surface area contributed by atoms with Gasteiger partial charge in [-0.1, -0.05) is 42.5 Å². The average Bonchev–Trinajstić information content (AvgIpc) is 2.77. The molecule has 0 saturated carbocycles. The molecule has 0 spiro atoms. The zero-order valence-corrected chi connectivity index (χ0v) is 16.3. The molecule has 2 aromatic carbocycles. The molecule has 5 nitrogen and oxygen atoms in total. The van der Waals surface area contributed by atoms with E-state index in [1.165, 1.54) is 5.56 Å². The molecule has 5 heteroatoms. The van der Waals surface area contributed by atoms with Gasteiger partial charge in [-0.05, 0) is 48.1 Å². The predicted molar refractivity (Wildman–Crippen MR) is 110 cm³/mol. The number of methoxy groups -OCH3 is 1. The fourth-order valence-electron chi connectivity index (χ4n) is 3.61. The number of rotatable bonds is 6. The van der Waals surface area contributed by atoms with Crippen LogP contribution in [0.4, 0.5) is 0 Å². The highest BCUT2D eigenvalue weighted by atomic mass is 16.5. The number of benzene rings is 2. The number of hydrogen-bond donors (Lipinski definition) is 1. The highest BCUT2D eigenvalue weighted by Crippen LogP contribution is 2.36. The summed E-state index contributed by atoms with van der Waals surface area (Å²) in [5, 5.41) is 8.90. The molecule has 0 saturated heterocycles. The van der Waals surface area contributed by atoms with E-state index in [1.807, 2.05) is 30.3 Å². The van der Waals surface area contributed by atoms with E-state index >= 15 is 0 Å². The summed E-state index contributed by atoms with van der Waals surface area (Å²) < 4.78 is 11.5. The standard InChI is InChI=1S/C24H23NO4/c1-28-23-4-2-3-20(25-23)17-8-10-18(11-9-17)21-13-12-19-7-5-16(6-14-24(26)27)15-22(19)29-21/h2-5,7-11,15,21H,6,12-14H2,1H3,(H,26,27). The van der Waals surface area contributed by atoms with Crippen molar-refractivity contribution < 1.29 is 19.4 Å². The van der Waals surface area contributed by atoms with Gasteiger partial charge in [0.1, 0.15) is 11.9 Å². The molecule has 0 amide bonds. The van der Waals surface area contributed by atoms with Crippen molar-refractivity contribution in [1.82, 2.24) is 4.98 Å². The zero-order valence-electron chi connectivity index (χ0n) is 16.3.